The van der Waals surface area contributed by atoms with Crippen molar-refractivity contribution in [3.8, 4) is 22.5 Å². The highest BCUT2D eigenvalue weighted by atomic mass is 19.1. The molecule has 14 nitrogen and oxygen atoms in total. The van der Waals surface area contributed by atoms with Gasteiger partial charge in [0.15, 0.2) is 11.2 Å². The summed E-state index contributed by atoms with van der Waals surface area (Å²) in [6.45, 7) is 2.11. The minimum absolute atomic E-state index is 0.00947. The predicted octanol–water partition coefficient (Wildman–Crippen LogP) is 3.58. The molecule has 0 fully saturated rings. The van der Waals surface area contributed by atoms with Crippen LogP contribution in [0.15, 0.2) is 89.0 Å². The SMILES string of the molecule is CCOC(=O)c1nn(-c2cccc(-c3cccnc3)c2)c2c(=O)n(C(=O)Nc3ccc(-n4ccnc4CN(C)C)cc3F)c(=O)[nH]c12. The molecule has 4 aromatic heterocycles. The molecule has 0 aliphatic carbocycles. The Balaban J connectivity index is 1.42. The van der Waals surface area contributed by atoms with Crippen LogP contribution in [-0.2, 0) is 11.3 Å². The molecule has 4 heterocycles. The lowest BCUT2D eigenvalue weighted by Crippen LogP contribution is -2.42. The summed E-state index contributed by atoms with van der Waals surface area (Å²) in [6, 6.07) is 13.3. The number of rotatable bonds is 8. The zero-order chi connectivity index (χ0) is 33.2. The van der Waals surface area contributed by atoms with Crippen LogP contribution in [0.4, 0.5) is 14.9 Å². The highest BCUT2D eigenvalue weighted by Gasteiger charge is 2.26. The Morgan fingerprint density at radius 2 is 1.83 bits per heavy atom. The first-order valence-electron chi connectivity index (χ1n) is 14.4. The molecule has 238 valence electrons. The zero-order valence-corrected chi connectivity index (χ0v) is 25.5. The second-order valence-corrected chi connectivity index (χ2v) is 10.6. The molecule has 0 spiro atoms. The van der Waals surface area contributed by atoms with Gasteiger partial charge < -0.3 is 24.5 Å². The Kier molecular flexibility index (Phi) is 8.28. The summed E-state index contributed by atoms with van der Waals surface area (Å²) in [5.41, 5.74) is -1.08. The number of nitrogens with one attached hydrogen (secondary N) is 2. The molecular weight excluding hydrogens is 609 g/mol. The monoisotopic (exact) mass is 637 g/mol. The van der Waals surface area contributed by atoms with E-state index in [1.165, 1.54) is 12.1 Å². The summed E-state index contributed by atoms with van der Waals surface area (Å²) in [5, 5.41) is 6.61. The van der Waals surface area contributed by atoms with Crippen LogP contribution in [0, 0.1) is 5.82 Å². The lowest BCUT2D eigenvalue weighted by atomic mass is 10.1. The van der Waals surface area contributed by atoms with E-state index in [9.17, 15) is 19.2 Å². The first-order chi connectivity index (χ1) is 22.7. The first-order valence-corrected chi connectivity index (χ1v) is 14.4. The van der Waals surface area contributed by atoms with Crippen LogP contribution in [0.2, 0.25) is 0 Å². The van der Waals surface area contributed by atoms with Gasteiger partial charge in [-0.2, -0.15) is 9.67 Å². The first kappa shape index (κ1) is 30.8. The number of H-pyrrole nitrogens is 1. The summed E-state index contributed by atoms with van der Waals surface area (Å²) in [6.07, 6.45) is 6.56. The minimum Gasteiger partial charge on any atom is -0.461 e. The third-order valence-electron chi connectivity index (χ3n) is 7.13. The molecule has 1 amide bonds. The summed E-state index contributed by atoms with van der Waals surface area (Å²) < 4.78 is 23.5. The van der Waals surface area contributed by atoms with Gasteiger partial charge in [0.2, 0.25) is 0 Å². The second-order valence-electron chi connectivity index (χ2n) is 10.6. The Morgan fingerprint density at radius 3 is 2.55 bits per heavy atom. The van der Waals surface area contributed by atoms with E-state index in [-0.39, 0.29) is 33.6 Å². The summed E-state index contributed by atoms with van der Waals surface area (Å²) >= 11 is 0. The maximum Gasteiger partial charge on any atom is 0.361 e. The van der Waals surface area contributed by atoms with Gasteiger partial charge in [-0.05, 0) is 56.9 Å². The summed E-state index contributed by atoms with van der Waals surface area (Å²) in [7, 11) is 3.76. The molecule has 0 atom stereocenters. The minimum atomic E-state index is -1.23. The number of halogens is 1. The van der Waals surface area contributed by atoms with Gasteiger partial charge in [-0.1, -0.05) is 18.2 Å². The molecule has 0 aliphatic rings. The average molecular weight is 638 g/mol. The number of nitrogens with zero attached hydrogens (tertiary/aromatic N) is 7. The number of ether oxygens (including phenoxy) is 1. The van der Waals surface area contributed by atoms with Gasteiger partial charge in [0, 0.05) is 42.1 Å². The topological polar surface area (TPSA) is 162 Å². The van der Waals surface area contributed by atoms with Gasteiger partial charge >= 0.3 is 17.7 Å². The number of pyridine rings is 1. The van der Waals surface area contributed by atoms with Crippen molar-refractivity contribution in [3.05, 3.63) is 118 Å². The second kappa shape index (κ2) is 12.6. The molecule has 2 aromatic carbocycles. The van der Waals surface area contributed by atoms with E-state index in [1.807, 2.05) is 31.1 Å². The number of hydrogen-bond donors (Lipinski definition) is 2. The number of anilines is 1. The molecular formula is C32H28FN9O5. The molecule has 2 N–H and O–H groups in total. The molecule has 0 bridgehead atoms. The number of aromatic amines is 1. The quantitative estimate of drug-likeness (QED) is 0.238. The predicted molar refractivity (Wildman–Crippen MR) is 170 cm³/mol. The number of carbonyl (C=O) groups excluding carboxylic acids is 2. The number of imidazole rings is 1. The van der Waals surface area contributed by atoms with Gasteiger partial charge in [-0.25, -0.2) is 28.4 Å². The average Bonchev–Trinajstić information content (AvgIpc) is 3.67. The normalized spacial score (nSPS) is 11.3. The molecule has 6 aromatic rings. The van der Waals surface area contributed by atoms with Crippen LogP contribution >= 0.6 is 0 Å². The highest BCUT2D eigenvalue weighted by Crippen LogP contribution is 2.24. The van der Waals surface area contributed by atoms with Crippen molar-refractivity contribution in [2.45, 2.75) is 13.5 Å². The van der Waals surface area contributed by atoms with Crippen LogP contribution in [0.5, 0.6) is 0 Å². The fourth-order valence-electron chi connectivity index (χ4n) is 5.05. The van der Waals surface area contributed by atoms with E-state index < -0.39 is 29.1 Å². The number of amides is 1. The zero-order valence-electron chi connectivity index (χ0n) is 25.5. The smallest absolute Gasteiger partial charge is 0.361 e. The van der Waals surface area contributed by atoms with Gasteiger partial charge in [-0.3, -0.25) is 9.78 Å². The fourth-order valence-corrected chi connectivity index (χ4v) is 5.05. The third-order valence-corrected chi connectivity index (χ3v) is 7.13. The van der Waals surface area contributed by atoms with Crippen LogP contribution in [-0.4, -0.2) is 71.5 Å². The Hall–Kier alpha value is -6.22. The van der Waals surface area contributed by atoms with E-state index >= 15 is 4.39 Å². The Labute approximate surface area is 265 Å². The van der Waals surface area contributed by atoms with Crippen LogP contribution in [0.25, 0.3) is 33.5 Å². The third kappa shape index (κ3) is 5.94. The number of hydrogen-bond acceptors (Lipinski definition) is 9. The van der Waals surface area contributed by atoms with Crippen molar-refractivity contribution in [2.24, 2.45) is 0 Å². The molecule has 15 heteroatoms. The number of benzene rings is 2. The summed E-state index contributed by atoms with van der Waals surface area (Å²) in [5.74, 6) is -1.03. The molecule has 0 radical (unpaired) electrons. The molecule has 0 unspecified atom stereocenters. The van der Waals surface area contributed by atoms with Crippen molar-refractivity contribution in [2.75, 3.05) is 26.0 Å². The van der Waals surface area contributed by atoms with E-state index in [0.717, 1.165) is 15.8 Å². The van der Waals surface area contributed by atoms with Crippen LogP contribution in [0.1, 0.15) is 23.2 Å². The van der Waals surface area contributed by atoms with Crippen molar-refractivity contribution >= 4 is 28.7 Å². The lowest BCUT2D eigenvalue weighted by molar-refractivity contribution is 0.0521. The van der Waals surface area contributed by atoms with Gasteiger partial charge in [0.1, 0.15) is 17.2 Å². The maximum absolute atomic E-state index is 15.3. The Morgan fingerprint density at radius 1 is 1.02 bits per heavy atom. The van der Waals surface area contributed by atoms with Crippen molar-refractivity contribution in [1.29, 1.82) is 0 Å². The number of aromatic nitrogens is 7. The van der Waals surface area contributed by atoms with E-state index in [1.54, 1.807) is 66.6 Å². The van der Waals surface area contributed by atoms with Crippen molar-refractivity contribution in [1.82, 2.24) is 38.8 Å². The van der Waals surface area contributed by atoms with Crippen molar-refractivity contribution < 1.29 is 18.7 Å². The largest absolute Gasteiger partial charge is 0.461 e. The standard InChI is InChI=1S/C32H28FN9O5/c1-4-47-30(44)27-26-28(42(38-27)22-9-5-7-19(15-22)20-8-6-12-34-17-20)29(43)41(32(46)37-26)31(45)36-24-11-10-21(16-23(24)33)40-14-13-35-25(40)18-39(2)3/h5-17H,4,18H2,1-3H3,(H,36,45)(H,37,46). The Bertz CT molecular complexity index is 2250. The number of esters is 1. The van der Waals surface area contributed by atoms with Gasteiger partial charge in [0.25, 0.3) is 5.56 Å². The van der Waals surface area contributed by atoms with Gasteiger partial charge in [-0.15, -0.1) is 0 Å². The van der Waals surface area contributed by atoms with E-state index in [0.29, 0.717) is 23.7 Å². The number of carbonyl (C=O) groups is 2. The van der Waals surface area contributed by atoms with Crippen LogP contribution in [0.3, 0.4) is 0 Å². The highest BCUT2D eigenvalue weighted by molar-refractivity contribution is 6.01. The lowest BCUT2D eigenvalue weighted by Gasteiger charge is -2.13. The van der Waals surface area contributed by atoms with Crippen LogP contribution < -0.4 is 16.6 Å². The van der Waals surface area contributed by atoms with E-state index in [4.69, 9.17) is 4.74 Å². The van der Waals surface area contributed by atoms with E-state index in [2.05, 4.69) is 25.4 Å². The fraction of sp³-hybridized carbons (Fsp3) is 0.156. The molecule has 0 saturated carbocycles. The molecule has 6 rings (SSSR count). The van der Waals surface area contributed by atoms with Crippen molar-refractivity contribution in [3.63, 3.8) is 0 Å². The van der Waals surface area contributed by atoms with Gasteiger partial charge in [0.05, 0.1) is 24.5 Å². The molecule has 47 heavy (non-hydrogen) atoms. The molecule has 0 aliphatic heterocycles. The molecule has 0 saturated heterocycles. The number of fused-ring (bicyclic) bond motifs is 1. The maximum atomic E-state index is 15.3. The summed E-state index contributed by atoms with van der Waals surface area (Å²) in [4.78, 5) is 66.0.